The zero-order chi connectivity index (χ0) is 20.9. The highest BCUT2D eigenvalue weighted by atomic mass is 19.4. The summed E-state index contributed by atoms with van der Waals surface area (Å²) in [5.41, 5.74) is 2.00. The van der Waals surface area contributed by atoms with Crippen molar-refractivity contribution in [3.05, 3.63) is 83.1 Å². The summed E-state index contributed by atoms with van der Waals surface area (Å²) in [6, 6.07) is 14.6. The Morgan fingerprint density at radius 1 is 1.03 bits per heavy atom. The van der Waals surface area contributed by atoms with Gasteiger partial charge in [-0.15, -0.1) is 0 Å². The number of benzene rings is 2. The van der Waals surface area contributed by atoms with Crippen molar-refractivity contribution in [2.75, 3.05) is 6.54 Å². The van der Waals surface area contributed by atoms with Crippen LogP contribution in [0.25, 0.3) is 11.3 Å². The zero-order valence-electron chi connectivity index (χ0n) is 16.1. The Morgan fingerprint density at radius 2 is 1.72 bits per heavy atom. The first-order valence-electron chi connectivity index (χ1n) is 9.50. The number of amides is 1. The number of hydrogen-bond acceptors (Lipinski definition) is 2. The van der Waals surface area contributed by atoms with E-state index >= 15 is 0 Å². The second-order valence-corrected chi connectivity index (χ2v) is 6.74. The molecule has 1 amide bonds. The minimum Gasteiger partial charge on any atom is -0.463 e. The molecule has 0 atom stereocenters. The van der Waals surface area contributed by atoms with Crippen LogP contribution in [0, 0.1) is 0 Å². The van der Waals surface area contributed by atoms with Gasteiger partial charge in [-0.1, -0.05) is 49.4 Å². The van der Waals surface area contributed by atoms with Crippen molar-refractivity contribution in [1.29, 1.82) is 0 Å². The molecule has 0 radical (unpaired) electrons. The van der Waals surface area contributed by atoms with Gasteiger partial charge in [-0.3, -0.25) is 4.79 Å². The van der Waals surface area contributed by atoms with E-state index in [1.165, 1.54) is 24.0 Å². The molecule has 6 heteroatoms. The number of hydrogen-bond donors (Lipinski definition) is 1. The highest BCUT2D eigenvalue weighted by Crippen LogP contribution is 2.33. The third kappa shape index (κ3) is 5.08. The average Bonchev–Trinajstić information content (AvgIpc) is 3.15. The van der Waals surface area contributed by atoms with Gasteiger partial charge in [0.05, 0.1) is 17.4 Å². The van der Waals surface area contributed by atoms with E-state index in [1.54, 1.807) is 0 Å². The lowest BCUT2D eigenvalue weighted by Crippen LogP contribution is -2.25. The maximum Gasteiger partial charge on any atom is 0.416 e. The van der Waals surface area contributed by atoms with Gasteiger partial charge < -0.3 is 9.73 Å². The van der Waals surface area contributed by atoms with Crippen LogP contribution in [0.2, 0.25) is 0 Å². The molecule has 152 valence electrons. The van der Waals surface area contributed by atoms with Crippen molar-refractivity contribution >= 4 is 5.91 Å². The largest absolute Gasteiger partial charge is 0.463 e. The molecule has 0 saturated carbocycles. The van der Waals surface area contributed by atoms with Gasteiger partial charge in [0.15, 0.2) is 0 Å². The number of aryl methyl sites for hydroxylation is 2. The Balaban J connectivity index is 1.71. The topological polar surface area (TPSA) is 42.2 Å². The SMILES string of the molecule is CCc1coc(-c2ccc(C(F)(F)F)cc2)c1C(=O)NCCCc1ccccc1. The highest BCUT2D eigenvalue weighted by Gasteiger charge is 2.30. The van der Waals surface area contributed by atoms with Gasteiger partial charge >= 0.3 is 6.18 Å². The standard InChI is InChI=1S/C23H22F3NO2/c1-2-17-15-29-21(18-10-12-19(13-11-18)23(24,25)26)20(17)22(28)27-14-6-9-16-7-4-3-5-8-16/h3-5,7-8,10-13,15H,2,6,9,14H2,1H3,(H,27,28). The third-order valence-corrected chi connectivity index (χ3v) is 4.72. The van der Waals surface area contributed by atoms with Gasteiger partial charge in [0, 0.05) is 17.7 Å². The Morgan fingerprint density at radius 3 is 2.34 bits per heavy atom. The summed E-state index contributed by atoms with van der Waals surface area (Å²) in [7, 11) is 0. The minimum atomic E-state index is -4.41. The molecule has 1 N–H and O–H groups in total. The number of rotatable bonds is 7. The summed E-state index contributed by atoms with van der Waals surface area (Å²) in [5, 5.41) is 2.90. The first-order chi connectivity index (χ1) is 13.9. The van der Waals surface area contributed by atoms with Crippen LogP contribution in [0.4, 0.5) is 13.2 Å². The van der Waals surface area contributed by atoms with Gasteiger partial charge in [0.25, 0.3) is 5.91 Å². The van der Waals surface area contributed by atoms with Gasteiger partial charge in [0.2, 0.25) is 0 Å². The summed E-state index contributed by atoms with van der Waals surface area (Å²) in [4.78, 5) is 12.8. The van der Waals surface area contributed by atoms with Crippen LogP contribution >= 0.6 is 0 Å². The molecule has 2 aromatic carbocycles. The number of carbonyl (C=O) groups excluding carboxylic acids is 1. The molecule has 0 bridgehead atoms. The second-order valence-electron chi connectivity index (χ2n) is 6.74. The lowest BCUT2D eigenvalue weighted by Gasteiger charge is -2.09. The molecule has 0 aliphatic carbocycles. The highest BCUT2D eigenvalue weighted by molar-refractivity contribution is 6.01. The van der Waals surface area contributed by atoms with E-state index in [1.807, 2.05) is 37.3 Å². The van der Waals surface area contributed by atoms with Crippen molar-refractivity contribution in [3.63, 3.8) is 0 Å². The molecule has 0 fully saturated rings. The molecular weight excluding hydrogens is 379 g/mol. The first-order valence-corrected chi connectivity index (χ1v) is 9.50. The number of alkyl halides is 3. The van der Waals surface area contributed by atoms with Crippen molar-refractivity contribution in [2.24, 2.45) is 0 Å². The summed E-state index contributed by atoms with van der Waals surface area (Å²) in [6.07, 6.45) is -0.707. The molecule has 3 aromatic rings. The molecule has 3 nitrogen and oxygen atoms in total. The summed E-state index contributed by atoms with van der Waals surface area (Å²) in [5.74, 6) is 0.00898. The lowest BCUT2D eigenvalue weighted by molar-refractivity contribution is -0.137. The fraction of sp³-hybridized carbons (Fsp3) is 0.261. The fourth-order valence-corrected chi connectivity index (χ4v) is 3.15. The van der Waals surface area contributed by atoms with Crippen LogP contribution in [-0.2, 0) is 19.0 Å². The lowest BCUT2D eigenvalue weighted by atomic mass is 10.0. The molecule has 3 rings (SSSR count). The van der Waals surface area contributed by atoms with Crippen LogP contribution < -0.4 is 5.32 Å². The molecular formula is C23H22F3NO2. The van der Waals surface area contributed by atoms with E-state index in [9.17, 15) is 18.0 Å². The Bertz CT molecular complexity index is 945. The Labute approximate surface area is 167 Å². The molecule has 1 heterocycles. The number of halogens is 3. The molecule has 29 heavy (non-hydrogen) atoms. The second kappa shape index (κ2) is 8.99. The molecule has 0 unspecified atom stereocenters. The van der Waals surface area contributed by atoms with Gasteiger partial charge in [-0.25, -0.2) is 0 Å². The fourth-order valence-electron chi connectivity index (χ4n) is 3.15. The molecule has 1 aromatic heterocycles. The molecule has 0 aliphatic rings. The van der Waals surface area contributed by atoms with Crippen molar-refractivity contribution in [2.45, 2.75) is 32.4 Å². The van der Waals surface area contributed by atoms with Crippen LogP contribution in [0.15, 0.2) is 65.3 Å². The quantitative estimate of drug-likeness (QED) is 0.502. The van der Waals surface area contributed by atoms with Crippen molar-refractivity contribution in [3.8, 4) is 11.3 Å². The zero-order valence-corrected chi connectivity index (χ0v) is 16.1. The van der Waals surface area contributed by atoms with E-state index in [4.69, 9.17) is 4.42 Å². The number of furan rings is 1. The van der Waals surface area contributed by atoms with Crippen LogP contribution in [-0.4, -0.2) is 12.5 Å². The predicted molar refractivity (Wildman–Crippen MR) is 106 cm³/mol. The Kier molecular flexibility index (Phi) is 6.42. The third-order valence-electron chi connectivity index (χ3n) is 4.72. The van der Waals surface area contributed by atoms with E-state index in [0.717, 1.165) is 30.5 Å². The molecule has 0 saturated heterocycles. The first kappa shape index (κ1) is 20.7. The van der Waals surface area contributed by atoms with E-state index < -0.39 is 11.7 Å². The normalized spacial score (nSPS) is 11.4. The van der Waals surface area contributed by atoms with Gasteiger partial charge in [-0.05, 0) is 37.0 Å². The maximum absolute atomic E-state index is 12.8. The maximum atomic E-state index is 12.8. The summed E-state index contributed by atoms with van der Waals surface area (Å²) in [6.45, 7) is 2.39. The Hall–Kier alpha value is -3.02. The summed E-state index contributed by atoms with van der Waals surface area (Å²) >= 11 is 0. The van der Waals surface area contributed by atoms with Crippen molar-refractivity contribution < 1.29 is 22.4 Å². The van der Waals surface area contributed by atoms with E-state index in [2.05, 4.69) is 5.32 Å². The number of nitrogens with one attached hydrogen (secondary N) is 1. The van der Waals surface area contributed by atoms with Crippen LogP contribution in [0.5, 0.6) is 0 Å². The van der Waals surface area contributed by atoms with Crippen LogP contribution in [0.3, 0.4) is 0 Å². The monoisotopic (exact) mass is 401 g/mol. The van der Waals surface area contributed by atoms with E-state index in [0.29, 0.717) is 24.1 Å². The molecule has 0 aliphatic heterocycles. The molecule has 0 spiro atoms. The average molecular weight is 401 g/mol. The number of carbonyl (C=O) groups is 1. The predicted octanol–water partition coefficient (Wildman–Crippen LogP) is 5.89. The van der Waals surface area contributed by atoms with E-state index in [-0.39, 0.29) is 11.7 Å². The van der Waals surface area contributed by atoms with Gasteiger partial charge in [0.1, 0.15) is 5.76 Å². The van der Waals surface area contributed by atoms with Crippen molar-refractivity contribution in [1.82, 2.24) is 5.32 Å². The minimum absolute atomic E-state index is 0.279. The van der Waals surface area contributed by atoms with Crippen LogP contribution in [0.1, 0.15) is 40.4 Å². The summed E-state index contributed by atoms with van der Waals surface area (Å²) < 4.78 is 43.9. The smallest absolute Gasteiger partial charge is 0.416 e. The van der Waals surface area contributed by atoms with Gasteiger partial charge in [-0.2, -0.15) is 13.2 Å².